The van der Waals surface area contributed by atoms with Crippen molar-refractivity contribution in [1.29, 1.82) is 0 Å². The normalized spacial score (nSPS) is 16.3. The van der Waals surface area contributed by atoms with E-state index < -0.39 is 0 Å². The lowest BCUT2D eigenvalue weighted by atomic mass is 10.0. The molecule has 1 aliphatic carbocycles. The van der Waals surface area contributed by atoms with E-state index in [0.29, 0.717) is 12.1 Å². The molecule has 2 rings (SSSR count). The zero-order chi connectivity index (χ0) is 13.5. The average molecular weight is 261 g/mol. The average Bonchev–Trinajstić information content (AvgIpc) is 3.25. The molecule has 2 heteroatoms. The number of hydrogen-bond acceptors (Lipinski definition) is 2. The van der Waals surface area contributed by atoms with Crippen LogP contribution in [-0.2, 0) is 6.42 Å². The standard InChI is InChI=1S/C17H27NO/c1-3-13-18-15(4-2)8-5-14-6-9-16(10-7-14)19-17-11-12-17/h6-7,9-10,15,17-18H,3-5,8,11-13H2,1-2H3. The minimum Gasteiger partial charge on any atom is -0.490 e. The van der Waals surface area contributed by atoms with E-state index in [1.807, 2.05) is 0 Å². The van der Waals surface area contributed by atoms with Crippen molar-refractivity contribution in [3.8, 4) is 5.75 Å². The number of rotatable bonds is 9. The van der Waals surface area contributed by atoms with Crippen molar-refractivity contribution in [2.24, 2.45) is 0 Å². The van der Waals surface area contributed by atoms with Gasteiger partial charge in [0.2, 0.25) is 0 Å². The lowest BCUT2D eigenvalue weighted by Crippen LogP contribution is -2.29. The fraction of sp³-hybridized carbons (Fsp3) is 0.647. The van der Waals surface area contributed by atoms with Gasteiger partial charge in [-0.3, -0.25) is 0 Å². The molecule has 0 radical (unpaired) electrons. The maximum Gasteiger partial charge on any atom is 0.119 e. The molecule has 0 aliphatic heterocycles. The summed E-state index contributed by atoms with van der Waals surface area (Å²) in [4.78, 5) is 0. The van der Waals surface area contributed by atoms with Crippen molar-refractivity contribution < 1.29 is 4.74 Å². The Kier molecular flexibility index (Phi) is 5.71. The van der Waals surface area contributed by atoms with Crippen LogP contribution >= 0.6 is 0 Å². The molecule has 1 aromatic rings. The highest BCUT2D eigenvalue weighted by molar-refractivity contribution is 5.28. The molecule has 1 N–H and O–H groups in total. The lowest BCUT2D eigenvalue weighted by Gasteiger charge is -2.16. The van der Waals surface area contributed by atoms with Crippen molar-refractivity contribution in [2.75, 3.05) is 6.54 Å². The molecule has 1 saturated carbocycles. The van der Waals surface area contributed by atoms with Gasteiger partial charge in [0.1, 0.15) is 5.75 Å². The Hall–Kier alpha value is -1.02. The summed E-state index contributed by atoms with van der Waals surface area (Å²) in [6.45, 7) is 5.62. The summed E-state index contributed by atoms with van der Waals surface area (Å²) in [5, 5.41) is 3.61. The van der Waals surface area contributed by atoms with E-state index in [2.05, 4.69) is 43.4 Å². The van der Waals surface area contributed by atoms with Gasteiger partial charge < -0.3 is 10.1 Å². The van der Waals surface area contributed by atoms with E-state index in [9.17, 15) is 0 Å². The second-order valence-electron chi connectivity index (χ2n) is 5.56. The summed E-state index contributed by atoms with van der Waals surface area (Å²) in [6.07, 6.45) is 7.74. The summed E-state index contributed by atoms with van der Waals surface area (Å²) in [5.41, 5.74) is 1.42. The van der Waals surface area contributed by atoms with Crippen LogP contribution in [0.4, 0.5) is 0 Å². The maximum atomic E-state index is 5.77. The Morgan fingerprint density at radius 2 is 1.95 bits per heavy atom. The molecule has 1 aromatic carbocycles. The highest BCUT2D eigenvalue weighted by atomic mass is 16.5. The van der Waals surface area contributed by atoms with Crippen LogP contribution in [-0.4, -0.2) is 18.7 Å². The SMILES string of the molecule is CCCNC(CC)CCc1ccc(OC2CC2)cc1. The van der Waals surface area contributed by atoms with Crippen LogP contribution in [0.15, 0.2) is 24.3 Å². The monoisotopic (exact) mass is 261 g/mol. The third kappa shape index (κ3) is 5.23. The van der Waals surface area contributed by atoms with Crippen LogP contribution in [0.3, 0.4) is 0 Å². The zero-order valence-corrected chi connectivity index (χ0v) is 12.3. The lowest BCUT2D eigenvalue weighted by molar-refractivity contribution is 0.303. The van der Waals surface area contributed by atoms with E-state index >= 15 is 0 Å². The summed E-state index contributed by atoms with van der Waals surface area (Å²) < 4.78 is 5.77. The molecular weight excluding hydrogens is 234 g/mol. The molecule has 1 fully saturated rings. The van der Waals surface area contributed by atoms with Crippen LogP contribution in [0.1, 0.15) is 51.5 Å². The van der Waals surface area contributed by atoms with Gasteiger partial charge in [0.05, 0.1) is 6.10 Å². The molecule has 0 amide bonds. The first kappa shape index (κ1) is 14.4. The van der Waals surface area contributed by atoms with E-state index in [4.69, 9.17) is 4.74 Å². The number of nitrogens with one attached hydrogen (secondary N) is 1. The number of hydrogen-bond donors (Lipinski definition) is 1. The van der Waals surface area contributed by atoms with Gasteiger partial charge in [0.25, 0.3) is 0 Å². The first-order chi connectivity index (χ1) is 9.31. The highest BCUT2D eigenvalue weighted by Gasteiger charge is 2.23. The Morgan fingerprint density at radius 1 is 1.21 bits per heavy atom. The first-order valence-electron chi connectivity index (χ1n) is 7.80. The van der Waals surface area contributed by atoms with Gasteiger partial charge in [-0.05, 0) is 62.8 Å². The summed E-state index contributed by atoms with van der Waals surface area (Å²) in [7, 11) is 0. The maximum absolute atomic E-state index is 5.77. The predicted octanol–water partition coefficient (Wildman–Crippen LogP) is 3.94. The number of benzene rings is 1. The molecule has 19 heavy (non-hydrogen) atoms. The fourth-order valence-electron chi connectivity index (χ4n) is 2.25. The van der Waals surface area contributed by atoms with Crippen LogP contribution in [0.5, 0.6) is 5.75 Å². The van der Waals surface area contributed by atoms with Crippen molar-refractivity contribution in [3.05, 3.63) is 29.8 Å². The van der Waals surface area contributed by atoms with E-state index in [1.165, 1.54) is 37.7 Å². The first-order valence-corrected chi connectivity index (χ1v) is 7.80. The minimum absolute atomic E-state index is 0.494. The summed E-state index contributed by atoms with van der Waals surface area (Å²) in [6, 6.07) is 9.32. The van der Waals surface area contributed by atoms with E-state index in [1.54, 1.807) is 0 Å². The van der Waals surface area contributed by atoms with Gasteiger partial charge in [-0.1, -0.05) is 26.0 Å². The Bertz CT molecular complexity index is 356. The molecule has 1 aliphatic rings. The van der Waals surface area contributed by atoms with Gasteiger partial charge in [-0.15, -0.1) is 0 Å². The second kappa shape index (κ2) is 7.54. The van der Waals surface area contributed by atoms with Crippen LogP contribution in [0, 0.1) is 0 Å². The molecule has 2 nitrogen and oxygen atoms in total. The summed E-state index contributed by atoms with van der Waals surface area (Å²) in [5.74, 6) is 1.03. The molecule has 106 valence electrons. The Morgan fingerprint density at radius 3 is 2.53 bits per heavy atom. The van der Waals surface area contributed by atoms with Crippen molar-refractivity contribution in [2.45, 2.75) is 64.5 Å². The number of aryl methyl sites for hydroxylation is 1. The Balaban J connectivity index is 1.74. The second-order valence-corrected chi connectivity index (χ2v) is 5.56. The molecule has 1 atom stereocenters. The predicted molar refractivity (Wildman–Crippen MR) is 80.8 cm³/mol. The van der Waals surface area contributed by atoms with Gasteiger partial charge in [0.15, 0.2) is 0 Å². The molecular formula is C17H27NO. The largest absolute Gasteiger partial charge is 0.490 e. The van der Waals surface area contributed by atoms with Gasteiger partial charge in [-0.25, -0.2) is 0 Å². The van der Waals surface area contributed by atoms with Crippen LogP contribution < -0.4 is 10.1 Å². The smallest absolute Gasteiger partial charge is 0.119 e. The molecule has 0 bridgehead atoms. The Labute approximate surface area is 117 Å². The molecule has 0 spiro atoms. The number of ether oxygens (including phenoxy) is 1. The molecule has 0 heterocycles. The molecule has 0 aromatic heterocycles. The highest BCUT2D eigenvalue weighted by Crippen LogP contribution is 2.26. The van der Waals surface area contributed by atoms with Crippen LogP contribution in [0.25, 0.3) is 0 Å². The van der Waals surface area contributed by atoms with Gasteiger partial charge in [0, 0.05) is 6.04 Å². The van der Waals surface area contributed by atoms with Crippen molar-refractivity contribution in [1.82, 2.24) is 5.32 Å². The van der Waals surface area contributed by atoms with Gasteiger partial charge >= 0.3 is 0 Å². The third-order valence-corrected chi connectivity index (χ3v) is 3.71. The van der Waals surface area contributed by atoms with Gasteiger partial charge in [-0.2, -0.15) is 0 Å². The topological polar surface area (TPSA) is 21.3 Å². The van der Waals surface area contributed by atoms with Crippen molar-refractivity contribution in [3.63, 3.8) is 0 Å². The third-order valence-electron chi connectivity index (χ3n) is 3.71. The molecule has 1 unspecified atom stereocenters. The fourth-order valence-corrected chi connectivity index (χ4v) is 2.25. The van der Waals surface area contributed by atoms with E-state index in [0.717, 1.165) is 18.7 Å². The quantitative estimate of drug-likeness (QED) is 0.727. The van der Waals surface area contributed by atoms with Crippen molar-refractivity contribution >= 4 is 0 Å². The molecule has 0 saturated heterocycles. The zero-order valence-electron chi connectivity index (χ0n) is 12.3. The summed E-state index contributed by atoms with van der Waals surface area (Å²) >= 11 is 0. The van der Waals surface area contributed by atoms with Crippen LogP contribution in [0.2, 0.25) is 0 Å². The minimum atomic E-state index is 0.494. The van der Waals surface area contributed by atoms with E-state index in [-0.39, 0.29) is 0 Å².